The van der Waals surface area contributed by atoms with Crippen LogP contribution in [0.25, 0.3) is 0 Å². The van der Waals surface area contributed by atoms with E-state index in [-0.39, 0.29) is 5.41 Å². The van der Waals surface area contributed by atoms with Gasteiger partial charge < -0.3 is 10.1 Å². The van der Waals surface area contributed by atoms with Gasteiger partial charge in [0.2, 0.25) is 5.88 Å². The molecule has 1 heterocycles. The van der Waals surface area contributed by atoms with Crippen LogP contribution >= 0.6 is 23.2 Å². The van der Waals surface area contributed by atoms with Gasteiger partial charge >= 0.3 is 0 Å². The van der Waals surface area contributed by atoms with E-state index >= 15 is 0 Å². The summed E-state index contributed by atoms with van der Waals surface area (Å²) in [7, 11) is 1.75. The van der Waals surface area contributed by atoms with Crippen LogP contribution in [0.5, 0.6) is 5.88 Å². The summed E-state index contributed by atoms with van der Waals surface area (Å²) in [6, 6.07) is 1.63. The molecule has 0 aromatic carbocycles. The maximum absolute atomic E-state index is 6.01. The molecule has 0 unspecified atom stereocenters. The van der Waals surface area contributed by atoms with Gasteiger partial charge in [-0.25, -0.2) is 0 Å². The lowest BCUT2D eigenvalue weighted by Crippen LogP contribution is -2.12. The van der Waals surface area contributed by atoms with Crippen molar-refractivity contribution in [2.45, 2.75) is 27.2 Å². The lowest BCUT2D eigenvalue weighted by molar-refractivity contribution is 0.237. The summed E-state index contributed by atoms with van der Waals surface area (Å²) >= 11 is 12.0. The van der Waals surface area contributed by atoms with Crippen LogP contribution in [0.4, 0.5) is 5.82 Å². The van der Waals surface area contributed by atoms with Crippen LogP contribution in [0, 0.1) is 5.41 Å². The van der Waals surface area contributed by atoms with Crippen LogP contribution in [0.15, 0.2) is 6.07 Å². The van der Waals surface area contributed by atoms with Crippen molar-refractivity contribution in [2.24, 2.45) is 5.41 Å². The fourth-order valence-corrected chi connectivity index (χ4v) is 1.69. The molecule has 0 saturated heterocycles. The van der Waals surface area contributed by atoms with Crippen LogP contribution in [-0.2, 0) is 0 Å². The number of nitrogens with zero attached hydrogens (tertiary/aromatic N) is 1. The molecule has 0 fully saturated rings. The molecule has 0 aliphatic heterocycles. The maximum Gasteiger partial charge on any atom is 0.234 e. The van der Waals surface area contributed by atoms with E-state index in [1.807, 2.05) is 0 Å². The lowest BCUT2D eigenvalue weighted by Gasteiger charge is -2.18. The molecule has 1 aromatic rings. The van der Waals surface area contributed by atoms with E-state index in [1.54, 1.807) is 13.1 Å². The van der Waals surface area contributed by atoms with Crippen LogP contribution in [-0.4, -0.2) is 18.6 Å². The molecule has 0 aliphatic carbocycles. The van der Waals surface area contributed by atoms with Crippen molar-refractivity contribution in [1.29, 1.82) is 0 Å². The summed E-state index contributed by atoms with van der Waals surface area (Å²) < 4.78 is 5.57. The van der Waals surface area contributed by atoms with Crippen molar-refractivity contribution >= 4 is 29.0 Å². The monoisotopic (exact) mass is 276 g/mol. The molecule has 96 valence electrons. The second kappa shape index (κ2) is 5.78. The average molecular weight is 277 g/mol. The van der Waals surface area contributed by atoms with Gasteiger partial charge in [-0.2, -0.15) is 4.98 Å². The molecule has 3 nitrogen and oxygen atoms in total. The summed E-state index contributed by atoms with van der Waals surface area (Å²) in [5, 5.41) is 3.81. The van der Waals surface area contributed by atoms with E-state index in [0.29, 0.717) is 28.3 Å². The number of halogens is 2. The molecule has 1 rings (SSSR count). The largest absolute Gasteiger partial charge is 0.477 e. The lowest BCUT2D eigenvalue weighted by atomic mass is 9.93. The van der Waals surface area contributed by atoms with Crippen molar-refractivity contribution in [1.82, 2.24) is 4.98 Å². The fraction of sp³-hybridized carbons (Fsp3) is 0.583. The van der Waals surface area contributed by atoms with Crippen LogP contribution in [0.1, 0.15) is 27.2 Å². The van der Waals surface area contributed by atoms with Gasteiger partial charge in [0.1, 0.15) is 10.8 Å². The van der Waals surface area contributed by atoms with Gasteiger partial charge in [0.25, 0.3) is 0 Å². The molecular weight excluding hydrogens is 259 g/mol. The molecular formula is C12H18Cl2N2O. The first-order valence-corrected chi connectivity index (χ1v) is 6.25. The highest BCUT2D eigenvalue weighted by atomic mass is 35.5. The Morgan fingerprint density at radius 1 is 1.29 bits per heavy atom. The number of ether oxygens (including phenoxy) is 1. The Hall–Kier alpha value is -0.670. The molecule has 17 heavy (non-hydrogen) atoms. The number of aromatic nitrogens is 1. The standard InChI is InChI=1S/C12H18Cl2N2O/c1-12(2,3)5-6-17-11-9(14)7-8(13)10(15-4)16-11/h7H,5-6H2,1-4H3,(H,15,16). The van der Waals surface area contributed by atoms with E-state index in [1.165, 1.54) is 0 Å². The highest BCUT2D eigenvalue weighted by Gasteiger charge is 2.13. The fourth-order valence-electron chi connectivity index (χ4n) is 1.18. The predicted octanol–water partition coefficient (Wildman–Crippen LogP) is 4.25. The highest BCUT2D eigenvalue weighted by Crippen LogP contribution is 2.31. The third-order valence-corrected chi connectivity index (χ3v) is 2.78. The first-order valence-electron chi connectivity index (χ1n) is 5.50. The second-order valence-electron chi connectivity index (χ2n) is 5.01. The van der Waals surface area contributed by atoms with Gasteiger partial charge in [0, 0.05) is 7.05 Å². The van der Waals surface area contributed by atoms with Gasteiger partial charge in [0.05, 0.1) is 11.6 Å². The van der Waals surface area contributed by atoms with Gasteiger partial charge in [-0.15, -0.1) is 0 Å². The summed E-state index contributed by atoms with van der Waals surface area (Å²) in [5.41, 5.74) is 0.227. The number of rotatable bonds is 4. The number of anilines is 1. The maximum atomic E-state index is 6.01. The molecule has 5 heteroatoms. The van der Waals surface area contributed by atoms with Crippen LogP contribution in [0.3, 0.4) is 0 Å². The highest BCUT2D eigenvalue weighted by molar-refractivity contribution is 6.36. The van der Waals surface area contributed by atoms with E-state index in [9.17, 15) is 0 Å². The Morgan fingerprint density at radius 3 is 2.47 bits per heavy atom. The Labute approximate surface area is 112 Å². The summed E-state index contributed by atoms with van der Waals surface area (Å²) in [4.78, 5) is 4.21. The SMILES string of the molecule is CNc1nc(OCCC(C)(C)C)c(Cl)cc1Cl. The third-order valence-electron chi connectivity index (χ3n) is 2.22. The van der Waals surface area contributed by atoms with Gasteiger partial charge in [-0.3, -0.25) is 0 Å². The normalized spacial score (nSPS) is 11.4. The van der Waals surface area contributed by atoms with Crippen LogP contribution < -0.4 is 10.1 Å². The average Bonchev–Trinajstić information content (AvgIpc) is 2.19. The zero-order valence-corrected chi connectivity index (χ0v) is 12.1. The van der Waals surface area contributed by atoms with Crippen molar-refractivity contribution in [2.75, 3.05) is 19.0 Å². The smallest absolute Gasteiger partial charge is 0.234 e. The van der Waals surface area contributed by atoms with E-state index in [4.69, 9.17) is 27.9 Å². The summed E-state index contributed by atoms with van der Waals surface area (Å²) in [5.74, 6) is 0.992. The Morgan fingerprint density at radius 2 is 1.94 bits per heavy atom. The second-order valence-corrected chi connectivity index (χ2v) is 5.83. The van der Waals surface area contributed by atoms with Crippen molar-refractivity contribution in [3.8, 4) is 5.88 Å². The topological polar surface area (TPSA) is 34.2 Å². The first-order chi connectivity index (χ1) is 7.83. The van der Waals surface area contributed by atoms with E-state index in [2.05, 4.69) is 31.1 Å². The number of nitrogens with one attached hydrogen (secondary N) is 1. The zero-order valence-electron chi connectivity index (χ0n) is 10.6. The predicted molar refractivity (Wildman–Crippen MR) is 73.4 cm³/mol. The molecule has 0 amide bonds. The number of pyridine rings is 1. The Balaban J connectivity index is 2.71. The van der Waals surface area contributed by atoms with Crippen molar-refractivity contribution < 1.29 is 4.74 Å². The minimum Gasteiger partial charge on any atom is -0.477 e. The van der Waals surface area contributed by atoms with Gasteiger partial charge in [0.15, 0.2) is 0 Å². The zero-order chi connectivity index (χ0) is 13.1. The van der Waals surface area contributed by atoms with Gasteiger partial charge in [-0.1, -0.05) is 44.0 Å². The van der Waals surface area contributed by atoms with Crippen molar-refractivity contribution in [3.05, 3.63) is 16.1 Å². The Kier molecular flexibility index (Phi) is 4.90. The number of hydrogen-bond donors (Lipinski definition) is 1. The minimum absolute atomic E-state index is 0.227. The Bertz CT molecular complexity index is 389. The number of hydrogen-bond acceptors (Lipinski definition) is 3. The molecule has 0 aliphatic rings. The molecule has 0 radical (unpaired) electrons. The summed E-state index contributed by atoms with van der Waals surface area (Å²) in [6.45, 7) is 7.06. The molecule has 0 saturated carbocycles. The van der Waals surface area contributed by atoms with Crippen molar-refractivity contribution in [3.63, 3.8) is 0 Å². The first kappa shape index (κ1) is 14.4. The minimum atomic E-state index is 0.227. The molecule has 1 N–H and O–H groups in total. The molecule has 0 atom stereocenters. The summed E-state index contributed by atoms with van der Waals surface area (Å²) in [6.07, 6.45) is 0.933. The quantitative estimate of drug-likeness (QED) is 0.893. The van der Waals surface area contributed by atoms with E-state index in [0.717, 1.165) is 6.42 Å². The molecule has 0 bridgehead atoms. The van der Waals surface area contributed by atoms with E-state index < -0.39 is 0 Å². The molecule has 1 aromatic heterocycles. The third kappa shape index (κ3) is 4.60. The van der Waals surface area contributed by atoms with Crippen LogP contribution in [0.2, 0.25) is 10.0 Å². The van der Waals surface area contributed by atoms with Gasteiger partial charge in [-0.05, 0) is 17.9 Å². The molecule has 0 spiro atoms.